The van der Waals surface area contributed by atoms with Crippen LogP contribution in [0.1, 0.15) is 22.8 Å². The molecule has 0 fully saturated rings. The lowest BCUT2D eigenvalue weighted by molar-refractivity contribution is -0.114. The van der Waals surface area contributed by atoms with Crippen molar-refractivity contribution in [2.24, 2.45) is 0 Å². The van der Waals surface area contributed by atoms with Gasteiger partial charge in [0.25, 0.3) is 0 Å². The number of nitrogens with zero attached hydrogens (tertiary/aromatic N) is 1. The zero-order chi connectivity index (χ0) is 18.2. The molecular formula is C20H22N2O3. The Morgan fingerprint density at radius 3 is 2.48 bits per heavy atom. The van der Waals surface area contributed by atoms with Gasteiger partial charge < -0.3 is 15.0 Å². The number of ketones is 1. The minimum atomic E-state index is -0.194. The average Bonchev–Trinajstić information content (AvgIpc) is 2.58. The zero-order valence-corrected chi connectivity index (χ0v) is 14.7. The lowest BCUT2D eigenvalue weighted by Gasteiger charge is -2.12. The number of carbonyl (C=O) groups is 2. The predicted octanol–water partition coefficient (Wildman–Crippen LogP) is 3.48. The van der Waals surface area contributed by atoms with E-state index < -0.39 is 0 Å². The molecule has 5 nitrogen and oxygen atoms in total. The lowest BCUT2D eigenvalue weighted by atomic mass is 10.1. The molecule has 0 saturated carbocycles. The summed E-state index contributed by atoms with van der Waals surface area (Å²) < 4.78 is 5.83. The molecule has 0 aliphatic rings. The van der Waals surface area contributed by atoms with Gasteiger partial charge in [0.1, 0.15) is 12.4 Å². The maximum Gasteiger partial charge on any atom is 0.221 e. The number of benzene rings is 2. The van der Waals surface area contributed by atoms with Gasteiger partial charge in [-0.15, -0.1) is 0 Å². The van der Waals surface area contributed by atoms with Crippen LogP contribution in [0.5, 0.6) is 5.75 Å². The number of nitrogens with one attached hydrogen (secondary N) is 1. The van der Waals surface area contributed by atoms with Crippen molar-refractivity contribution in [3.05, 3.63) is 71.9 Å². The monoisotopic (exact) mass is 338 g/mol. The third-order valence-corrected chi connectivity index (χ3v) is 3.33. The third-order valence-electron chi connectivity index (χ3n) is 3.33. The molecule has 0 spiro atoms. The van der Waals surface area contributed by atoms with Crippen LogP contribution in [0.3, 0.4) is 0 Å². The molecule has 2 rings (SSSR count). The van der Waals surface area contributed by atoms with Crippen molar-refractivity contribution in [1.82, 2.24) is 4.90 Å². The number of amides is 1. The van der Waals surface area contributed by atoms with Gasteiger partial charge in [-0.3, -0.25) is 9.59 Å². The summed E-state index contributed by atoms with van der Waals surface area (Å²) in [5, 5.41) is 2.68. The molecule has 0 radical (unpaired) electrons. The van der Waals surface area contributed by atoms with Crippen molar-refractivity contribution in [3.63, 3.8) is 0 Å². The number of carbonyl (C=O) groups excluding carboxylic acids is 2. The normalized spacial score (nSPS) is 10.5. The topological polar surface area (TPSA) is 58.6 Å². The van der Waals surface area contributed by atoms with Crippen LogP contribution in [0, 0.1) is 0 Å². The number of rotatable bonds is 7. The van der Waals surface area contributed by atoms with Crippen LogP contribution in [0.15, 0.2) is 60.8 Å². The quantitative estimate of drug-likeness (QED) is 0.620. The van der Waals surface area contributed by atoms with Crippen LogP contribution in [0.2, 0.25) is 0 Å². The molecule has 0 saturated heterocycles. The van der Waals surface area contributed by atoms with E-state index in [1.807, 2.05) is 44.4 Å². The van der Waals surface area contributed by atoms with Gasteiger partial charge in [-0.25, -0.2) is 0 Å². The molecule has 1 amide bonds. The molecule has 2 aromatic carbocycles. The molecule has 0 unspecified atom stereocenters. The highest BCUT2D eigenvalue weighted by atomic mass is 16.5. The van der Waals surface area contributed by atoms with Crippen LogP contribution in [0.4, 0.5) is 5.69 Å². The highest BCUT2D eigenvalue weighted by Gasteiger charge is 2.12. The van der Waals surface area contributed by atoms with E-state index >= 15 is 0 Å². The smallest absolute Gasteiger partial charge is 0.221 e. The summed E-state index contributed by atoms with van der Waals surface area (Å²) in [5.41, 5.74) is 1.97. The van der Waals surface area contributed by atoms with Gasteiger partial charge in [0, 0.05) is 39.0 Å². The fourth-order valence-corrected chi connectivity index (χ4v) is 2.17. The second-order valence-electron chi connectivity index (χ2n) is 5.81. The van der Waals surface area contributed by atoms with Gasteiger partial charge in [0.15, 0.2) is 5.78 Å². The van der Waals surface area contributed by atoms with Crippen molar-refractivity contribution in [2.45, 2.75) is 13.5 Å². The van der Waals surface area contributed by atoms with Crippen LogP contribution in [-0.4, -0.2) is 30.7 Å². The summed E-state index contributed by atoms with van der Waals surface area (Å²) in [6, 6.07) is 14.8. The van der Waals surface area contributed by atoms with E-state index in [1.165, 1.54) is 13.0 Å². The molecule has 0 bridgehead atoms. The highest BCUT2D eigenvalue weighted by molar-refractivity contribution is 6.07. The van der Waals surface area contributed by atoms with E-state index in [0.29, 0.717) is 23.6 Å². The van der Waals surface area contributed by atoms with E-state index in [4.69, 9.17) is 4.74 Å². The van der Waals surface area contributed by atoms with E-state index in [9.17, 15) is 9.59 Å². The van der Waals surface area contributed by atoms with Crippen LogP contribution < -0.4 is 10.1 Å². The summed E-state index contributed by atoms with van der Waals surface area (Å²) in [4.78, 5) is 25.5. The molecule has 0 atom stereocenters. The Bertz CT molecular complexity index is 768. The second-order valence-corrected chi connectivity index (χ2v) is 5.81. The average molecular weight is 338 g/mol. The van der Waals surface area contributed by atoms with Gasteiger partial charge in [0.05, 0.1) is 5.56 Å². The summed E-state index contributed by atoms with van der Waals surface area (Å²) in [6.45, 7) is 1.78. The molecule has 2 aromatic rings. The first kappa shape index (κ1) is 18.3. The van der Waals surface area contributed by atoms with Crippen LogP contribution >= 0.6 is 0 Å². The SMILES string of the molecule is CC(=O)Nc1ccc(OCc2ccccc2)c(C(=O)/C=C/N(C)C)c1. The summed E-state index contributed by atoms with van der Waals surface area (Å²) in [5.74, 6) is 0.0931. The molecule has 130 valence electrons. The predicted molar refractivity (Wildman–Crippen MR) is 98.7 cm³/mol. The molecule has 0 aliphatic carbocycles. The second kappa shape index (κ2) is 8.68. The first-order chi connectivity index (χ1) is 12.0. The Labute approximate surface area is 147 Å². The molecule has 5 heteroatoms. The summed E-state index contributed by atoms with van der Waals surface area (Å²) in [7, 11) is 3.68. The Kier molecular flexibility index (Phi) is 6.34. The Morgan fingerprint density at radius 1 is 1.12 bits per heavy atom. The molecule has 0 aromatic heterocycles. The van der Waals surface area contributed by atoms with E-state index in [1.54, 1.807) is 29.3 Å². The standard InChI is InChI=1S/C20H22N2O3/c1-15(23)21-17-9-10-20(25-14-16-7-5-4-6-8-16)18(13-17)19(24)11-12-22(2)3/h4-13H,14H2,1-3H3,(H,21,23)/b12-11+. The number of hydrogen-bond acceptors (Lipinski definition) is 4. The summed E-state index contributed by atoms with van der Waals surface area (Å²) in [6.07, 6.45) is 3.15. The van der Waals surface area contributed by atoms with Crippen molar-refractivity contribution >= 4 is 17.4 Å². The van der Waals surface area contributed by atoms with Crippen molar-refractivity contribution in [2.75, 3.05) is 19.4 Å². The minimum absolute atomic E-state index is 0.191. The van der Waals surface area contributed by atoms with Gasteiger partial charge in [-0.2, -0.15) is 0 Å². The third kappa shape index (κ3) is 5.80. The van der Waals surface area contributed by atoms with E-state index in [0.717, 1.165) is 5.56 Å². The van der Waals surface area contributed by atoms with Crippen LogP contribution in [-0.2, 0) is 11.4 Å². The Morgan fingerprint density at radius 2 is 1.84 bits per heavy atom. The molecule has 25 heavy (non-hydrogen) atoms. The van der Waals surface area contributed by atoms with Crippen molar-refractivity contribution in [1.29, 1.82) is 0 Å². The number of anilines is 1. The summed E-state index contributed by atoms with van der Waals surface area (Å²) >= 11 is 0. The Hall–Kier alpha value is -3.08. The molecular weight excluding hydrogens is 316 g/mol. The number of hydrogen-bond donors (Lipinski definition) is 1. The lowest BCUT2D eigenvalue weighted by Crippen LogP contribution is -2.09. The Balaban J connectivity index is 2.26. The van der Waals surface area contributed by atoms with E-state index in [-0.39, 0.29) is 11.7 Å². The van der Waals surface area contributed by atoms with Crippen molar-refractivity contribution < 1.29 is 14.3 Å². The molecule has 1 N–H and O–H groups in total. The largest absolute Gasteiger partial charge is 0.488 e. The fourth-order valence-electron chi connectivity index (χ4n) is 2.17. The van der Waals surface area contributed by atoms with Crippen LogP contribution in [0.25, 0.3) is 0 Å². The van der Waals surface area contributed by atoms with E-state index in [2.05, 4.69) is 5.32 Å². The minimum Gasteiger partial charge on any atom is -0.488 e. The zero-order valence-electron chi connectivity index (χ0n) is 14.7. The number of allylic oxidation sites excluding steroid dienone is 1. The highest BCUT2D eigenvalue weighted by Crippen LogP contribution is 2.25. The maximum atomic E-state index is 12.5. The van der Waals surface area contributed by atoms with Gasteiger partial charge >= 0.3 is 0 Å². The first-order valence-corrected chi connectivity index (χ1v) is 7.93. The van der Waals surface area contributed by atoms with Gasteiger partial charge in [-0.05, 0) is 23.8 Å². The van der Waals surface area contributed by atoms with Crippen molar-refractivity contribution in [3.8, 4) is 5.75 Å². The molecule has 0 aliphatic heterocycles. The first-order valence-electron chi connectivity index (χ1n) is 7.93. The maximum absolute atomic E-state index is 12.5. The van der Waals surface area contributed by atoms with Gasteiger partial charge in [0.2, 0.25) is 5.91 Å². The fraction of sp³-hybridized carbons (Fsp3) is 0.200. The molecule has 0 heterocycles. The number of ether oxygens (including phenoxy) is 1. The van der Waals surface area contributed by atoms with Gasteiger partial charge in [-0.1, -0.05) is 30.3 Å².